The fourth-order valence-corrected chi connectivity index (χ4v) is 1.62. The second-order valence-corrected chi connectivity index (χ2v) is 4.43. The van der Waals surface area contributed by atoms with Crippen LogP contribution in [-0.4, -0.2) is 17.3 Å². The Hall–Kier alpha value is -0.320. The number of aryl methyl sites for hydroxylation is 1. The van der Waals surface area contributed by atoms with Crippen molar-refractivity contribution in [1.29, 1.82) is 0 Å². The Balaban J connectivity index is 2.79. The van der Waals surface area contributed by atoms with Gasteiger partial charge in [0.2, 0.25) is 0 Å². The van der Waals surface area contributed by atoms with Gasteiger partial charge in [-0.2, -0.15) is 0 Å². The fraction of sp³-hybridized carbons (Fsp3) is 0.556. The molecule has 1 unspecified atom stereocenters. The maximum atomic E-state index is 8.97. The molecule has 74 valence electrons. The number of halogens is 1. The summed E-state index contributed by atoms with van der Waals surface area (Å²) in [5, 5.41) is 8.97. The predicted octanol–water partition coefficient (Wildman–Crippen LogP) is 1.60. The molecule has 3 N–H and O–H groups in total. The summed E-state index contributed by atoms with van der Waals surface area (Å²) in [4.78, 5) is 0. The number of furan rings is 1. The van der Waals surface area contributed by atoms with Crippen LogP contribution in [0.5, 0.6) is 0 Å². The van der Waals surface area contributed by atoms with Crippen LogP contribution in [0.1, 0.15) is 18.2 Å². The third-order valence-electron chi connectivity index (χ3n) is 1.92. The lowest BCUT2D eigenvalue weighted by Crippen LogP contribution is -2.42. The van der Waals surface area contributed by atoms with Gasteiger partial charge >= 0.3 is 0 Å². The minimum atomic E-state index is -0.609. The number of rotatable bonds is 3. The number of hydrogen-bond acceptors (Lipinski definition) is 3. The van der Waals surface area contributed by atoms with Crippen molar-refractivity contribution in [1.82, 2.24) is 0 Å². The van der Waals surface area contributed by atoms with E-state index >= 15 is 0 Å². The van der Waals surface area contributed by atoms with Crippen LogP contribution >= 0.6 is 15.9 Å². The van der Waals surface area contributed by atoms with Crippen molar-refractivity contribution in [3.05, 3.63) is 22.1 Å². The normalized spacial score (nSPS) is 15.8. The zero-order chi connectivity index (χ0) is 10.1. The molecular formula is C9H14BrNO2. The summed E-state index contributed by atoms with van der Waals surface area (Å²) in [6.45, 7) is 3.70. The van der Waals surface area contributed by atoms with Crippen molar-refractivity contribution in [2.45, 2.75) is 25.8 Å². The molecule has 1 heterocycles. The quantitative estimate of drug-likeness (QED) is 0.854. The van der Waals surface area contributed by atoms with Gasteiger partial charge in [0.1, 0.15) is 5.76 Å². The van der Waals surface area contributed by atoms with Crippen molar-refractivity contribution >= 4 is 15.9 Å². The number of aliphatic hydroxyl groups excluding tert-OH is 1. The predicted molar refractivity (Wildman–Crippen MR) is 54.5 cm³/mol. The standard InChI is InChI=1S/C9H14BrNO2/c1-6-3-8(10)13-7(6)4-9(2,11)5-12/h3,12H,4-5,11H2,1-2H3. The van der Waals surface area contributed by atoms with Gasteiger partial charge < -0.3 is 15.3 Å². The fourth-order valence-electron chi connectivity index (χ4n) is 1.08. The highest BCUT2D eigenvalue weighted by Gasteiger charge is 2.21. The third-order valence-corrected chi connectivity index (χ3v) is 2.31. The molecule has 0 aliphatic heterocycles. The Kier molecular flexibility index (Phi) is 3.16. The summed E-state index contributed by atoms with van der Waals surface area (Å²) >= 11 is 3.24. The first kappa shape index (κ1) is 10.8. The van der Waals surface area contributed by atoms with Crippen molar-refractivity contribution in [3.63, 3.8) is 0 Å². The van der Waals surface area contributed by atoms with Crippen LogP contribution in [0.3, 0.4) is 0 Å². The lowest BCUT2D eigenvalue weighted by atomic mass is 9.97. The van der Waals surface area contributed by atoms with Gasteiger partial charge in [-0.25, -0.2) is 0 Å². The first-order valence-corrected chi connectivity index (χ1v) is 4.88. The lowest BCUT2D eigenvalue weighted by molar-refractivity contribution is 0.201. The zero-order valence-corrected chi connectivity index (χ0v) is 9.39. The Morgan fingerprint density at radius 2 is 2.31 bits per heavy atom. The monoisotopic (exact) mass is 247 g/mol. The molecule has 0 aliphatic carbocycles. The van der Waals surface area contributed by atoms with E-state index in [0.717, 1.165) is 11.3 Å². The van der Waals surface area contributed by atoms with E-state index in [0.29, 0.717) is 11.1 Å². The smallest absolute Gasteiger partial charge is 0.169 e. The molecule has 0 aromatic carbocycles. The molecule has 1 aromatic rings. The van der Waals surface area contributed by atoms with E-state index in [-0.39, 0.29) is 6.61 Å². The minimum absolute atomic E-state index is 0.0508. The summed E-state index contributed by atoms with van der Waals surface area (Å²) < 4.78 is 6.08. The number of hydrogen-bond donors (Lipinski definition) is 2. The minimum Gasteiger partial charge on any atom is -0.454 e. The zero-order valence-electron chi connectivity index (χ0n) is 7.80. The van der Waals surface area contributed by atoms with Gasteiger partial charge in [-0.1, -0.05) is 0 Å². The van der Waals surface area contributed by atoms with Gasteiger partial charge in [-0.3, -0.25) is 0 Å². The maximum absolute atomic E-state index is 8.97. The highest BCUT2D eigenvalue weighted by molar-refractivity contribution is 9.10. The summed E-state index contributed by atoms with van der Waals surface area (Å²) in [5.74, 6) is 0.825. The van der Waals surface area contributed by atoms with Gasteiger partial charge in [-0.05, 0) is 41.4 Å². The third kappa shape index (κ3) is 2.83. The molecule has 3 nitrogen and oxygen atoms in total. The molecule has 4 heteroatoms. The lowest BCUT2D eigenvalue weighted by Gasteiger charge is -2.20. The van der Waals surface area contributed by atoms with Crippen molar-refractivity contribution in [2.24, 2.45) is 5.73 Å². The summed E-state index contributed by atoms with van der Waals surface area (Å²) in [6, 6.07) is 1.89. The Labute approximate surface area is 86.1 Å². The van der Waals surface area contributed by atoms with E-state index in [4.69, 9.17) is 15.3 Å². The molecule has 0 saturated heterocycles. The summed E-state index contributed by atoms with van der Waals surface area (Å²) in [5.41, 5.74) is 6.24. The summed E-state index contributed by atoms with van der Waals surface area (Å²) in [7, 11) is 0. The van der Waals surface area contributed by atoms with Gasteiger partial charge in [0.15, 0.2) is 4.67 Å². The van der Waals surface area contributed by atoms with Gasteiger partial charge in [0.05, 0.1) is 6.61 Å². The van der Waals surface area contributed by atoms with E-state index in [1.54, 1.807) is 6.92 Å². The van der Waals surface area contributed by atoms with Crippen LogP contribution in [0, 0.1) is 6.92 Å². The van der Waals surface area contributed by atoms with Crippen molar-refractivity contribution in [2.75, 3.05) is 6.61 Å². The molecular weight excluding hydrogens is 234 g/mol. The Bertz CT molecular complexity index is 294. The Morgan fingerprint density at radius 3 is 2.69 bits per heavy atom. The number of nitrogens with two attached hydrogens (primary N) is 1. The van der Waals surface area contributed by atoms with E-state index in [2.05, 4.69) is 15.9 Å². The summed E-state index contributed by atoms with van der Waals surface area (Å²) in [6.07, 6.45) is 0.543. The first-order chi connectivity index (χ1) is 5.94. The van der Waals surface area contributed by atoms with Crippen molar-refractivity contribution in [3.8, 4) is 0 Å². The van der Waals surface area contributed by atoms with Crippen LogP contribution in [0.25, 0.3) is 0 Å². The van der Waals surface area contributed by atoms with Crippen LogP contribution in [0.4, 0.5) is 0 Å². The van der Waals surface area contributed by atoms with Gasteiger partial charge in [-0.15, -0.1) is 0 Å². The molecule has 0 bridgehead atoms. The van der Waals surface area contributed by atoms with E-state index in [1.807, 2.05) is 13.0 Å². The SMILES string of the molecule is Cc1cc(Br)oc1CC(C)(N)CO. The molecule has 1 aromatic heterocycles. The van der Waals surface area contributed by atoms with E-state index in [1.165, 1.54) is 0 Å². The van der Waals surface area contributed by atoms with E-state index in [9.17, 15) is 0 Å². The molecule has 13 heavy (non-hydrogen) atoms. The second-order valence-electron chi connectivity index (χ2n) is 3.65. The molecule has 0 aliphatic rings. The molecule has 0 spiro atoms. The average molecular weight is 248 g/mol. The van der Waals surface area contributed by atoms with Crippen LogP contribution in [0.15, 0.2) is 15.2 Å². The average Bonchev–Trinajstić information content (AvgIpc) is 2.30. The first-order valence-electron chi connectivity index (χ1n) is 4.09. The highest BCUT2D eigenvalue weighted by atomic mass is 79.9. The highest BCUT2D eigenvalue weighted by Crippen LogP contribution is 2.22. The van der Waals surface area contributed by atoms with Crippen LogP contribution in [0.2, 0.25) is 0 Å². The maximum Gasteiger partial charge on any atom is 0.169 e. The Morgan fingerprint density at radius 1 is 1.69 bits per heavy atom. The molecule has 0 fully saturated rings. The molecule has 0 radical (unpaired) electrons. The molecule has 0 amide bonds. The number of aliphatic hydroxyl groups is 1. The molecule has 1 atom stereocenters. The molecule has 1 rings (SSSR count). The van der Waals surface area contributed by atoms with Crippen LogP contribution in [-0.2, 0) is 6.42 Å². The van der Waals surface area contributed by atoms with E-state index < -0.39 is 5.54 Å². The van der Waals surface area contributed by atoms with Crippen molar-refractivity contribution < 1.29 is 9.52 Å². The van der Waals surface area contributed by atoms with Crippen LogP contribution < -0.4 is 5.73 Å². The second kappa shape index (κ2) is 3.82. The van der Waals surface area contributed by atoms with Gasteiger partial charge in [0, 0.05) is 12.0 Å². The molecule has 0 saturated carbocycles. The largest absolute Gasteiger partial charge is 0.454 e. The topological polar surface area (TPSA) is 59.4 Å². The van der Waals surface area contributed by atoms with Gasteiger partial charge in [0.25, 0.3) is 0 Å².